The molecule has 0 saturated heterocycles. The summed E-state index contributed by atoms with van der Waals surface area (Å²) in [6.45, 7) is 0. The van der Waals surface area contributed by atoms with Crippen molar-refractivity contribution in [3.05, 3.63) is 48.3 Å². The van der Waals surface area contributed by atoms with E-state index in [1.54, 1.807) is 12.4 Å². The van der Waals surface area contributed by atoms with E-state index in [4.69, 9.17) is 0 Å². The topological polar surface area (TPSA) is 42.9 Å². The van der Waals surface area contributed by atoms with Crippen molar-refractivity contribution in [2.24, 2.45) is 0 Å². The fraction of sp³-hybridized carbons (Fsp3) is 0. The SMILES string of the molecule is O=Cc1cnc2c(ccc3cccnc32)c1. The maximum Gasteiger partial charge on any atom is 0.151 e. The summed E-state index contributed by atoms with van der Waals surface area (Å²) >= 11 is 0. The number of benzene rings is 1. The Kier molecular flexibility index (Phi) is 1.90. The zero-order chi connectivity index (χ0) is 11.0. The molecule has 3 aromatic rings. The molecule has 3 nitrogen and oxygen atoms in total. The first-order chi connectivity index (χ1) is 7.88. The van der Waals surface area contributed by atoms with Crippen molar-refractivity contribution in [2.45, 2.75) is 0 Å². The van der Waals surface area contributed by atoms with Crippen LogP contribution in [0.5, 0.6) is 0 Å². The Morgan fingerprint density at radius 3 is 2.69 bits per heavy atom. The maximum atomic E-state index is 10.7. The largest absolute Gasteiger partial charge is 0.298 e. The van der Waals surface area contributed by atoms with Crippen LogP contribution in [0, 0.1) is 0 Å². The average Bonchev–Trinajstić information content (AvgIpc) is 2.38. The van der Waals surface area contributed by atoms with Gasteiger partial charge < -0.3 is 0 Å². The van der Waals surface area contributed by atoms with Gasteiger partial charge in [0.1, 0.15) is 0 Å². The average molecular weight is 208 g/mol. The lowest BCUT2D eigenvalue weighted by Crippen LogP contribution is -1.87. The van der Waals surface area contributed by atoms with Crippen molar-refractivity contribution in [1.29, 1.82) is 0 Å². The molecule has 2 heterocycles. The number of aldehydes is 1. The van der Waals surface area contributed by atoms with Crippen molar-refractivity contribution in [1.82, 2.24) is 9.97 Å². The quantitative estimate of drug-likeness (QED) is 0.456. The molecule has 2 aromatic heterocycles. The van der Waals surface area contributed by atoms with Crippen LogP contribution in [-0.2, 0) is 0 Å². The molecule has 0 saturated carbocycles. The lowest BCUT2D eigenvalue weighted by atomic mass is 10.1. The van der Waals surface area contributed by atoms with Gasteiger partial charge in [0, 0.05) is 28.7 Å². The first-order valence-corrected chi connectivity index (χ1v) is 4.97. The van der Waals surface area contributed by atoms with E-state index in [0.717, 1.165) is 28.1 Å². The van der Waals surface area contributed by atoms with Crippen LogP contribution in [0.1, 0.15) is 10.4 Å². The van der Waals surface area contributed by atoms with E-state index in [2.05, 4.69) is 9.97 Å². The zero-order valence-corrected chi connectivity index (χ0v) is 8.42. The molecule has 3 heteroatoms. The number of hydrogen-bond acceptors (Lipinski definition) is 3. The number of hydrogen-bond donors (Lipinski definition) is 0. The molecule has 0 amide bonds. The highest BCUT2D eigenvalue weighted by atomic mass is 16.1. The van der Waals surface area contributed by atoms with Crippen LogP contribution in [0.25, 0.3) is 21.8 Å². The first-order valence-electron chi connectivity index (χ1n) is 4.97. The molecule has 1 aromatic carbocycles. The second-order valence-corrected chi connectivity index (χ2v) is 3.60. The first kappa shape index (κ1) is 8.97. The number of carbonyl (C=O) groups excluding carboxylic acids is 1. The van der Waals surface area contributed by atoms with Gasteiger partial charge in [0.05, 0.1) is 11.0 Å². The third kappa shape index (κ3) is 1.26. The van der Waals surface area contributed by atoms with E-state index in [0.29, 0.717) is 5.56 Å². The van der Waals surface area contributed by atoms with Gasteiger partial charge in [-0.15, -0.1) is 0 Å². The molecule has 0 aliphatic heterocycles. The van der Waals surface area contributed by atoms with Gasteiger partial charge >= 0.3 is 0 Å². The minimum atomic E-state index is 0.586. The summed E-state index contributed by atoms with van der Waals surface area (Å²) in [4.78, 5) is 19.3. The highest BCUT2D eigenvalue weighted by Gasteiger charge is 2.02. The second kappa shape index (κ2) is 3.38. The van der Waals surface area contributed by atoms with Crippen LogP contribution in [-0.4, -0.2) is 16.3 Å². The lowest BCUT2D eigenvalue weighted by Gasteiger charge is -2.01. The highest BCUT2D eigenvalue weighted by molar-refractivity contribution is 6.03. The summed E-state index contributed by atoms with van der Waals surface area (Å²) in [7, 11) is 0. The van der Waals surface area contributed by atoms with Crippen molar-refractivity contribution in [2.75, 3.05) is 0 Å². The van der Waals surface area contributed by atoms with E-state index < -0.39 is 0 Å². The Bertz CT molecular complexity index is 692. The summed E-state index contributed by atoms with van der Waals surface area (Å²) in [5.41, 5.74) is 2.30. The number of carbonyl (C=O) groups is 1. The molecule has 76 valence electrons. The number of fused-ring (bicyclic) bond motifs is 3. The van der Waals surface area contributed by atoms with Gasteiger partial charge in [-0.2, -0.15) is 0 Å². The number of pyridine rings is 2. The van der Waals surface area contributed by atoms with Crippen LogP contribution in [0.2, 0.25) is 0 Å². The van der Waals surface area contributed by atoms with Gasteiger partial charge in [-0.3, -0.25) is 14.8 Å². The molecule has 0 bridgehead atoms. The van der Waals surface area contributed by atoms with Crippen LogP contribution >= 0.6 is 0 Å². The van der Waals surface area contributed by atoms with E-state index >= 15 is 0 Å². The zero-order valence-electron chi connectivity index (χ0n) is 8.42. The van der Waals surface area contributed by atoms with Crippen LogP contribution in [0.4, 0.5) is 0 Å². The maximum absolute atomic E-state index is 10.7. The molecule has 0 radical (unpaired) electrons. The summed E-state index contributed by atoms with van der Waals surface area (Å²) in [5.74, 6) is 0. The number of nitrogens with zero attached hydrogens (tertiary/aromatic N) is 2. The minimum absolute atomic E-state index is 0.586. The van der Waals surface area contributed by atoms with E-state index in [-0.39, 0.29) is 0 Å². The minimum Gasteiger partial charge on any atom is -0.298 e. The van der Waals surface area contributed by atoms with Crippen LogP contribution < -0.4 is 0 Å². The van der Waals surface area contributed by atoms with Gasteiger partial charge in [-0.05, 0) is 12.1 Å². The molecular weight excluding hydrogens is 200 g/mol. The molecular formula is C13H8N2O. The standard InChI is InChI=1S/C13H8N2O/c16-8-9-6-11-4-3-10-2-1-5-14-12(10)13(11)15-7-9/h1-8H. The Hall–Kier alpha value is -2.29. The molecule has 0 fully saturated rings. The fourth-order valence-corrected chi connectivity index (χ4v) is 1.82. The van der Waals surface area contributed by atoms with Crippen LogP contribution in [0.15, 0.2) is 42.7 Å². The summed E-state index contributed by atoms with van der Waals surface area (Å²) in [6, 6.07) is 9.66. The fourth-order valence-electron chi connectivity index (χ4n) is 1.82. The molecule has 16 heavy (non-hydrogen) atoms. The molecule has 0 aliphatic carbocycles. The monoisotopic (exact) mass is 208 g/mol. The van der Waals surface area contributed by atoms with Crippen LogP contribution in [0.3, 0.4) is 0 Å². The Morgan fingerprint density at radius 2 is 1.81 bits per heavy atom. The van der Waals surface area contributed by atoms with Gasteiger partial charge in [-0.25, -0.2) is 0 Å². The third-order valence-corrected chi connectivity index (χ3v) is 2.58. The predicted octanol–water partition coefficient (Wildman–Crippen LogP) is 2.60. The Labute approximate surface area is 91.8 Å². The van der Waals surface area contributed by atoms with Gasteiger partial charge in [-0.1, -0.05) is 18.2 Å². The summed E-state index contributed by atoms with van der Waals surface area (Å²) in [5, 5.41) is 2.00. The third-order valence-electron chi connectivity index (χ3n) is 2.58. The highest BCUT2D eigenvalue weighted by Crippen LogP contribution is 2.21. The molecule has 0 N–H and O–H groups in total. The predicted molar refractivity (Wildman–Crippen MR) is 62.4 cm³/mol. The van der Waals surface area contributed by atoms with Crippen molar-refractivity contribution in [3.8, 4) is 0 Å². The van der Waals surface area contributed by atoms with Crippen molar-refractivity contribution in [3.63, 3.8) is 0 Å². The van der Waals surface area contributed by atoms with E-state index in [1.807, 2.05) is 30.3 Å². The molecule has 0 atom stereocenters. The normalized spacial score (nSPS) is 10.8. The second-order valence-electron chi connectivity index (χ2n) is 3.60. The number of rotatable bonds is 1. The molecule has 0 aliphatic rings. The number of aromatic nitrogens is 2. The lowest BCUT2D eigenvalue weighted by molar-refractivity contribution is 0.112. The Balaban J connectivity index is 2.47. The summed E-state index contributed by atoms with van der Waals surface area (Å²) in [6.07, 6.45) is 4.12. The smallest absolute Gasteiger partial charge is 0.151 e. The summed E-state index contributed by atoms with van der Waals surface area (Å²) < 4.78 is 0. The van der Waals surface area contributed by atoms with E-state index in [9.17, 15) is 4.79 Å². The van der Waals surface area contributed by atoms with Gasteiger partial charge in [0.25, 0.3) is 0 Å². The molecule has 3 rings (SSSR count). The molecule has 0 spiro atoms. The van der Waals surface area contributed by atoms with Crippen molar-refractivity contribution >= 4 is 28.1 Å². The van der Waals surface area contributed by atoms with Crippen molar-refractivity contribution < 1.29 is 4.79 Å². The van der Waals surface area contributed by atoms with E-state index in [1.165, 1.54) is 0 Å². The van der Waals surface area contributed by atoms with Gasteiger partial charge in [0.15, 0.2) is 6.29 Å². The van der Waals surface area contributed by atoms with Gasteiger partial charge in [0.2, 0.25) is 0 Å². The Morgan fingerprint density at radius 1 is 1.00 bits per heavy atom. The molecule has 0 unspecified atom stereocenters.